The summed E-state index contributed by atoms with van der Waals surface area (Å²) in [7, 11) is 0. The van der Waals surface area contributed by atoms with Crippen molar-refractivity contribution in [2.24, 2.45) is 5.73 Å². The van der Waals surface area contributed by atoms with Gasteiger partial charge in [0.15, 0.2) is 0 Å². The van der Waals surface area contributed by atoms with Crippen LogP contribution in [0.5, 0.6) is 0 Å². The maximum absolute atomic E-state index is 6.13. The molecule has 0 amide bonds. The molecule has 0 heterocycles. The molecule has 2 aromatic rings. The van der Waals surface area contributed by atoms with E-state index in [1.165, 1.54) is 20.9 Å². The highest BCUT2D eigenvalue weighted by atomic mass is 35.5. The number of nitrogens with two attached hydrogens (primary N) is 1. The number of hydrogen-bond donors (Lipinski definition) is 1. The zero-order valence-corrected chi connectivity index (χ0v) is 13.5. The van der Waals surface area contributed by atoms with Gasteiger partial charge in [-0.15, -0.1) is 0 Å². The third-order valence-electron chi connectivity index (χ3n) is 3.28. The Morgan fingerprint density at radius 2 is 1.85 bits per heavy atom. The predicted molar refractivity (Wildman–Crippen MR) is 88.7 cm³/mol. The van der Waals surface area contributed by atoms with Crippen molar-refractivity contribution in [2.75, 3.05) is 0 Å². The average molecular weight is 306 g/mol. The summed E-state index contributed by atoms with van der Waals surface area (Å²) in [6, 6.07) is 14.8. The molecule has 0 aliphatic heterocycles. The minimum atomic E-state index is 0.202. The lowest BCUT2D eigenvalue weighted by Gasteiger charge is -2.13. The van der Waals surface area contributed by atoms with Crippen LogP contribution in [0, 0.1) is 6.92 Å². The third kappa shape index (κ3) is 4.27. The van der Waals surface area contributed by atoms with Gasteiger partial charge in [0.05, 0.1) is 0 Å². The van der Waals surface area contributed by atoms with Crippen LogP contribution in [0.25, 0.3) is 0 Å². The molecule has 0 aliphatic carbocycles. The van der Waals surface area contributed by atoms with Gasteiger partial charge in [0, 0.05) is 20.9 Å². The van der Waals surface area contributed by atoms with Crippen LogP contribution < -0.4 is 5.73 Å². The second-order valence-corrected chi connectivity index (χ2v) is 6.59. The molecular formula is C17H20ClNS. The Morgan fingerprint density at radius 3 is 2.50 bits per heavy atom. The monoisotopic (exact) mass is 305 g/mol. The Labute approximate surface area is 130 Å². The van der Waals surface area contributed by atoms with Crippen molar-refractivity contribution in [1.29, 1.82) is 0 Å². The van der Waals surface area contributed by atoms with Crippen LogP contribution in [0.3, 0.4) is 0 Å². The van der Waals surface area contributed by atoms with Crippen LogP contribution in [-0.4, -0.2) is 6.04 Å². The molecule has 1 unspecified atom stereocenters. The van der Waals surface area contributed by atoms with E-state index in [1.54, 1.807) is 11.8 Å². The van der Waals surface area contributed by atoms with Crippen molar-refractivity contribution in [2.45, 2.75) is 42.5 Å². The van der Waals surface area contributed by atoms with Gasteiger partial charge in [-0.2, -0.15) is 0 Å². The summed E-state index contributed by atoms with van der Waals surface area (Å²) in [4.78, 5) is 2.43. The van der Waals surface area contributed by atoms with Gasteiger partial charge >= 0.3 is 0 Å². The summed E-state index contributed by atoms with van der Waals surface area (Å²) in [5, 5.41) is 0.772. The molecule has 1 atom stereocenters. The van der Waals surface area contributed by atoms with E-state index in [0.29, 0.717) is 0 Å². The minimum Gasteiger partial charge on any atom is -0.327 e. The summed E-state index contributed by atoms with van der Waals surface area (Å²) in [6.07, 6.45) is 1.87. The lowest BCUT2D eigenvalue weighted by molar-refractivity contribution is 0.641. The van der Waals surface area contributed by atoms with Gasteiger partial charge in [0.2, 0.25) is 0 Å². The first-order valence-corrected chi connectivity index (χ1v) is 8.06. The zero-order chi connectivity index (χ0) is 14.5. The maximum atomic E-state index is 6.13. The third-order valence-corrected chi connectivity index (χ3v) is 4.63. The molecule has 106 valence electrons. The molecule has 0 saturated carbocycles. The summed E-state index contributed by atoms with van der Waals surface area (Å²) in [6.45, 7) is 4.22. The van der Waals surface area contributed by atoms with Gasteiger partial charge in [-0.3, -0.25) is 0 Å². The summed E-state index contributed by atoms with van der Waals surface area (Å²) < 4.78 is 0. The first-order chi connectivity index (χ1) is 9.58. The molecule has 0 aliphatic rings. The molecule has 2 rings (SSSR count). The smallest absolute Gasteiger partial charge is 0.0417 e. The lowest BCUT2D eigenvalue weighted by atomic mass is 10.1. The summed E-state index contributed by atoms with van der Waals surface area (Å²) in [5.41, 5.74) is 8.63. The Morgan fingerprint density at radius 1 is 1.15 bits per heavy atom. The van der Waals surface area contributed by atoms with Crippen LogP contribution in [0.1, 0.15) is 24.5 Å². The second-order valence-electron chi connectivity index (χ2n) is 5.04. The van der Waals surface area contributed by atoms with Crippen molar-refractivity contribution in [1.82, 2.24) is 0 Å². The Balaban J connectivity index is 2.24. The standard InChI is InChI=1S/C17H20ClNS/c1-3-15(19)10-13-6-7-14(18)11-17(13)20-16-8-4-12(2)5-9-16/h4-9,11,15H,3,10,19H2,1-2H3. The highest BCUT2D eigenvalue weighted by Crippen LogP contribution is 2.33. The quantitative estimate of drug-likeness (QED) is 0.833. The summed E-state index contributed by atoms with van der Waals surface area (Å²) >= 11 is 7.88. The normalized spacial score (nSPS) is 12.4. The molecule has 0 saturated heterocycles. The van der Waals surface area contributed by atoms with E-state index in [0.717, 1.165) is 17.9 Å². The molecule has 3 heteroatoms. The molecule has 2 N–H and O–H groups in total. The fourth-order valence-electron chi connectivity index (χ4n) is 1.95. The van der Waals surface area contributed by atoms with E-state index in [-0.39, 0.29) is 6.04 Å². The fourth-order valence-corrected chi connectivity index (χ4v) is 3.18. The topological polar surface area (TPSA) is 26.0 Å². The van der Waals surface area contributed by atoms with E-state index >= 15 is 0 Å². The molecule has 0 radical (unpaired) electrons. The Hall–Kier alpha value is -0.960. The van der Waals surface area contributed by atoms with Crippen molar-refractivity contribution in [3.05, 3.63) is 58.6 Å². The van der Waals surface area contributed by atoms with E-state index in [4.69, 9.17) is 17.3 Å². The van der Waals surface area contributed by atoms with Gasteiger partial charge < -0.3 is 5.73 Å². The van der Waals surface area contributed by atoms with Gasteiger partial charge in [0.25, 0.3) is 0 Å². The second kappa shape index (κ2) is 7.16. The maximum Gasteiger partial charge on any atom is 0.0417 e. The summed E-state index contributed by atoms with van der Waals surface area (Å²) in [5.74, 6) is 0. The highest BCUT2D eigenvalue weighted by molar-refractivity contribution is 7.99. The van der Waals surface area contributed by atoms with Crippen LogP contribution >= 0.6 is 23.4 Å². The number of halogens is 1. The molecular weight excluding hydrogens is 286 g/mol. The molecule has 2 aromatic carbocycles. The van der Waals surface area contributed by atoms with E-state index < -0.39 is 0 Å². The Bertz CT molecular complexity index is 566. The van der Waals surface area contributed by atoms with Crippen LogP contribution in [0.15, 0.2) is 52.3 Å². The largest absolute Gasteiger partial charge is 0.327 e. The zero-order valence-electron chi connectivity index (χ0n) is 11.9. The molecule has 1 nitrogen and oxygen atoms in total. The number of rotatable bonds is 5. The van der Waals surface area contributed by atoms with Crippen molar-refractivity contribution in [3.63, 3.8) is 0 Å². The minimum absolute atomic E-state index is 0.202. The number of benzene rings is 2. The number of hydrogen-bond acceptors (Lipinski definition) is 2. The first kappa shape index (κ1) is 15.4. The average Bonchev–Trinajstić information content (AvgIpc) is 2.44. The number of aryl methyl sites for hydroxylation is 1. The van der Waals surface area contributed by atoms with E-state index in [9.17, 15) is 0 Å². The van der Waals surface area contributed by atoms with Crippen LogP contribution in [-0.2, 0) is 6.42 Å². The first-order valence-electron chi connectivity index (χ1n) is 6.87. The predicted octanol–water partition coefficient (Wildman–Crippen LogP) is 5.08. The van der Waals surface area contributed by atoms with Crippen molar-refractivity contribution < 1.29 is 0 Å². The highest BCUT2D eigenvalue weighted by Gasteiger charge is 2.09. The van der Waals surface area contributed by atoms with Crippen LogP contribution in [0.4, 0.5) is 0 Å². The van der Waals surface area contributed by atoms with E-state index in [2.05, 4.69) is 44.2 Å². The van der Waals surface area contributed by atoms with E-state index in [1.807, 2.05) is 12.1 Å². The molecule has 20 heavy (non-hydrogen) atoms. The van der Waals surface area contributed by atoms with Gasteiger partial charge in [-0.05, 0) is 49.6 Å². The van der Waals surface area contributed by atoms with Crippen molar-refractivity contribution >= 4 is 23.4 Å². The fraction of sp³-hybridized carbons (Fsp3) is 0.294. The SMILES string of the molecule is CCC(N)Cc1ccc(Cl)cc1Sc1ccc(C)cc1. The van der Waals surface area contributed by atoms with Crippen molar-refractivity contribution in [3.8, 4) is 0 Å². The molecule has 0 bridgehead atoms. The van der Waals surface area contributed by atoms with Crippen LogP contribution in [0.2, 0.25) is 5.02 Å². The molecule has 0 aromatic heterocycles. The molecule has 0 fully saturated rings. The van der Waals surface area contributed by atoms with Gasteiger partial charge in [-0.1, -0.05) is 54.0 Å². The molecule has 0 spiro atoms. The van der Waals surface area contributed by atoms with Gasteiger partial charge in [0.1, 0.15) is 0 Å². The van der Waals surface area contributed by atoms with Gasteiger partial charge in [-0.25, -0.2) is 0 Å². The Kier molecular flexibility index (Phi) is 5.53. The lowest BCUT2D eigenvalue weighted by Crippen LogP contribution is -2.21.